The Morgan fingerprint density at radius 1 is 1.08 bits per heavy atom. The van der Waals surface area contributed by atoms with Crippen LogP contribution in [0.4, 0.5) is 0 Å². The first-order valence-electron chi connectivity index (χ1n) is 7.38. The third-order valence-corrected chi connectivity index (χ3v) is 6.60. The monoisotopic (exact) mass is 789 g/mol. The Morgan fingerprint density at radius 2 is 1.64 bits per heavy atom. The molecule has 0 heterocycles. The number of rotatable bonds is 7. The van der Waals surface area contributed by atoms with Gasteiger partial charge in [0, 0.05) is 0 Å². The molecular formula is C17H15I4NO3. The molecule has 0 saturated heterocycles. The van der Waals surface area contributed by atoms with Gasteiger partial charge in [0.25, 0.3) is 0 Å². The first kappa shape index (κ1) is 21.9. The molecule has 8 heteroatoms. The van der Waals surface area contributed by atoms with Gasteiger partial charge in [-0.1, -0.05) is 6.92 Å². The molecule has 0 fully saturated rings. The van der Waals surface area contributed by atoms with Gasteiger partial charge in [-0.3, -0.25) is 0 Å². The van der Waals surface area contributed by atoms with Crippen molar-refractivity contribution in [1.29, 1.82) is 0 Å². The van der Waals surface area contributed by atoms with Gasteiger partial charge in [0.15, 0.2) is 5.75 Å². The van der Waals surface area contributed by atoms with Crippen LogP contribution in [0.1, 0.15) is 12.5 Å². The highest BCUT2D eigenvalue weighted by molar-refractivity contribution is 14.1. The minimum Gasteiger partial charge on any atom is -0.506 e. The van der Waals surface area contributed by atoms with E-state index < -0.39 is 0 Å². The Bertz CT molecular complexity index is 736. The van der Waals surface area contributed by atoms with Crippen LogP contribution in [0.2, 0.25) is 0 Å². The van der Waals surface area contributed by atoms with E-state index >= 15 is 0 Å². The molecule has 0 bridgehead atoms. The lowest BCUT2D eigenvalue weighted by molar-refractivity contribution is -0.109. The van der Waals surface area contributed by atoms with Gasteiger partial charge in [0.2, 0.25) is 0 Å². The summed E-state index contributed by atoms with van der Waals surface area (Å²) in [6.07, 6.45) is 1.60. The maximum Gasteiger partial charge on any atom is 0.154 e. The minimum atomic E-state index is -0.177. The number of carbonyl (C=O) groups excluding carboxylic acids is 1. The Kier molecular flexibility index (Phi) is 8.95. The third kappa shape index (κ3) is 6.04. The third-order valence-electron chi connectivity index (χ3n) is 3.35. The van der Waals surface area contributed by atoms with Gasteiger partial charge in [-0.2, -0.15) is 0 Å². The van der Waals surface area contributed by atoms with Crippen molar-refractivity contribution in [1.82, 2.24) is 5.32 Å². The first-order valence-corrected chi connectivity index (χ1v) is 11.7. The molecule has 4 nitrogen and oxygen atoms in total. The Balaban J connectivity index is 2.27. The van der Waals surface area contributed by atoms with Crippen molar-refractivity contribution in [2.45, 2.75) is 19.4 Å². The number of likely N-dealkylation sites (N-methyl/N-ethyl adjacent to an activating group) is 1. The smallest absolute Gasteiger partial charge is 0.154 e. The van der Waals surface area contributed by atoms with E-state index in [-0.39, 0.29) is 11.8 Å². The van der Waals surface area contributed by atoms with Crippen LogP contribution in [0.25, 0.3) is 0 Å². The quantitative estimate of drug-likeness (QED) is 0.295. The lowest BCUT2D eigenvalue weighted by Gasteiger charge is -2.15. The van der Waals surface area contributed by atoms with Crippen LogP contribution in [0.5, 0.6) is 17.2 Å². The number of hydrogen-bond donors (Lipinski definition) is 2. The zero-order valence-electron chi connectivity index (χ0n) is 13.2. The number of aldehydes is 1. The molecule has 1 unspecified atom stereocenters. The molecular weight excluding hydrogens is 774 g/mol. The fourth-order valence-electron chi connectivity index (χ4n) is 2.23. The summed E-state index contributed by atoms with van der Waals surface area (Å²) < 4.78 is 9.54. The number of carbonyl (C=O) groups is 1. The average Bonchev–Trinajstić information content (AvgIpc) is 2.55. The van der Waals surface area contributed by atoms with Crippen LogP contribution in [-0.4, -0.2) is 24.0 Å². The summed E-state index contributed by atoms with van der Waals surface area (Å²) in [7, 11) is 0. The van der Waals surface area contributed by atoms with Gasteiger partial charge < -0.3 is 20.0 Å². The number of hydrogen-bond acceptors (Lipinski definition) is 4. The van der Waals surface area contributed by atoms with Crippen LogP contribution < -0.4 is 10.1 Å². The highest BCUT2D eigenvalue weighted by Gasteiger charge is 2.15. The predicted octanol–water partition coefficient (Wildman–Crippen LogP) is 5.32. The highest BCUT2D eigenvalue weighted by atomic mass is 127. The number of aromatic hydroxyl groups is 1. The fraction of sp³-hybridized carbons (Fsp3) is 0.235. The van der Waals surface area contributed by atoms with Crippen LogP contribution in [0, 0.1) is 14.3 Å². The van der Waals surface area contributed by atoms with E-state index in [4.69, 9.17) is 4.74 Å². The first-order chi connectivity index (χ1) is 11.8. The summed E-state index contributed by atoms with van der Waals surface area (Å²) >= 11 is 8.68. The molecule has 0 aliphatic heterocycles. The summed E-state index contributed by atoms with van der Waals surface area (Å²) in [5, 5.41) is 13.0. The maximum atomic E-state index is 11.2. The van der Waals surface area contributed by atoms with E-state index in [9.17, 15) is 9.90 Å². The van der Waals surface area contributed by atoms with Crippen LogP contribution in [-0.2, 0) is 11.2 Å². The summed E-state index contributed by atoms with van der Waals surface area (Å²) in [4.78, 5) is 11.2. The fourth-order valence-corrected chi connectivity index (χ4v) is 6.06. The Labute approximate surface area is 201 Å². The average molecular weight is 789 g/mol. The number of benzene rings is 2. The molecule has 1 atom stereocenters. The number of phenols is 1. The normalized spacial score (nSPS) is 12.0. The van der Waals surface area contributed by atoms with Crippen molar-refractivity contribution in [3.8, 4) is 17.2 Å². The van der Waals surface area contributed by atoms with Crippen molar-refractivity contribution in [3.05, 3.63) is 44.1 Å². The summed E-state index contributed by atoms with van der Waals surface area (Å²) in [6.45, 7) is 2.75. The van der Waals surface area contributed by atoms with Crippen molar-refractivity contribution in [3.63, 3.8) is 0 Å². The van der Waals surface area contributed by atoms with E-state index in [0.29, 0.717) is 12.2 Å². The van der Waals surface area contributed by atoms with Crippen molar-refractivity contribution >= 4 is 96.6 Å². The zero-order chi connectivity index (χ0) is 18.6. The Morgan fingerprint density at radius 3 is 2.12 bits per heavy atom. The standard InChI is InChI=1S/C17H15I4NO3/c1-2-22-10(8-23)3-9-4-14(20)17(15(21)5-9)25-11-6-12(18)16(24)13(19)7-11/h4-8,10,22,24H,2-3H2,1H3. The van der Waals surface area contributed by atoms with Crippen molar-refractivity contribution in [2.24, 2.45) is 0 Å². The topological polar surface area (TPSA) is 58.6 Å². The Hall–Kier alpha value is 0.590. The SMILES string of the molecule is CCNC(C=O)Cc1cc(I)c(Oc2cc(I)c(O)c(I)c2)c(I)c1. The van der Waals surface area contributed by atoms with Gasteiger partial charge in [0.05, 0.1) is 20.3 Å². The van der Waals surface area contributed by atoms with Gasteiger partial charge in [-0.05, 0) is 133 Å². The second kappa shape index (κ2) is 10.2. The molecule has 0 radical (unpaired) electrons. The molecule has 134 valence electrons. The minimum absolute atomic E-state index is 0.177. The lowest BCUT2D eigenvalue weighted by Crippen LogP contribution is -2.32. The van der Waals surface area contributed by atoms with E-state index in [1.807, 2.05) is 31.2 Å². The molecule has 0 spiro atoms. The van der Waals surface area contributed by atoms with Crippen LogP contribution >= 0.6 is 90.4 Å². The zero-order valence-corrected chi connectivity index (χ0v) is 21.8. The van der Waals surface area contributed by atoms with E-state index in [1.165, 1.54) is 0 Å². The molecule has 2 aromatic rings. The molecule has 0 aromatic heterocycles. The van der Waals surface area contributed by atoms with E-state index in [2.05, 4.69) is 95.7 Å². The van der Waals surface area contributed by atoms with E-state index in [1.54, 1.807) is 0 Å². The molecule has 0 saturated carbocycles. The van der Waals surface area contributed by atoms with Gasteiger partial charge >= 0.3 is 0 Å². The molecule has 2 rings (SSSR count). The maximum absolute atomic E-state index is 11.2. The van der Waals surface area contributed by atoms with Gasteiger partial charge in [-0.25, -0.2) is 0 Å². The number of nitrogens with one attached hydrogen (secondary N) is 1. The lowest BCUT2D eigenvalue weighted by atomic mass is 10.1. The highest BCUT2D eigenvalue weighted by Crippen LogP contribution is 2.36. The molecule has 0 aliphatic carbocycles. The van der Waals surface area contributed by atoms with E-state index in [0.717, 1.165) is 38.4 Å². The van der Waals surface area contributed by atoms with Gasteiger partial charge in [0.1, 0.15) is 17.8 Å². The summed E-state index contributed by atoms with van der Waals surface area (Å²) in [5.41, 5.74) is 1.09. The summed E-state index contributed by atoms with van der Waals surface area (Å²) in [6, 6.07) is 7.53. The number of phenolic OH excluding ortho intramolecular Hbond substituents is 1. The predicted molar refractivity (Wildman–Crippen MR) is 133 cm³/mol. The molecule has 2 aromatic carbocycles. The molecule has 0 aliphatic rings. The van der Waals surface area contributed by atoms with Crippen LogP contribution in [0.15, 0.2) is 24.3 Å². The van der Waals surface area contributed by atoms with Crippen LogP contribution in [0.3, 0.4) is 0 Å². The van der Waals surface area contributed by atoms with Crippen molar-refractivity contribution in [2.75, 3.05) is 6.54 Å². The summed E-state index contributed by atoms with van der Waals surface area (Å²) in [5.74, 6) is 1.75. The molecule has 0 amide bonds. The van der Waals surface area contributed by atoms with Crippen molar-refractivity contribution < 1.29 is 14.6 Å². The number of halogens is 4. The second-order valence-corrected chi connectivity index (χ2v) is 9.88. The van der Waals surface area contributed by atoms with Gasteiger partial charge in [-0.15, -0.1) is 0 Å². The molecule has 25 heavy (non-hydrogen) atoms. The largest absolute Gasteiger partial charge is 0.506 e. The number of ether oxygens (including phenoxy) is 1. The second-order valence-electron chi connectivity index (χ2n) is 5.23. The molecule has 2 N–H and O–H groups in total.